The van der Waals surface area contributed by atoms with E-state index in [0.29, 0.717) is 11.8 Å². The third-order valence-corrected chi connectivity index (χ3v) is 5.39. The van der Waals surface area contributed by atoms with Crippen LogP contribution in [0.2, 0.25) is 0 Å². The molecule has 1 saturated carbocycles. The number of hydrogen-bond donors (Lipinski definition) is 1. The van der Waals surface area contributed by atoms with Gasteiger partial charge < -0.3 is 14.4 Å². The van der Waals surface area contributed by atoms with Crippen LogP contribution in [-0.2, 0) is 0 Å². The summed E-state index contributed by atoms with van der Waals surface area (Å²) in [6.07, 6.45) is 3.60. The molecule has 1 aliphatic rings. The summed E-state index contributed by atoms with van der Waals surface area (Å²) in [7, 11) is 0. The van der Waals surface area contributed by atoms with Crippen LogP contribution < -0.4 is 4.74 Å². The van der Waals surface area contributed by atoms with Gasteiger partial charge in [-0.15, -0.1) is 10.2 Å². The Labute approximate surface area is 157 Å². The molecule has 0 radical (unpaired) electrons. The lowest BCUT2D eigenvalue weighted by Crippen LogP contribution is -2.20. The Kier molecular flexibility index (Phi) is 5.22. The number of hydrogen-bond acceptors (Lipinski definition) is 5. The fourth-order valence-corrected chi connectivity index (χ4v) is 3.61. The van der Waals surface area contributed by atoms with Crippen LogP contribution in [0, 0.1) is 0 Å². The number of rotatable bonds is 8. The van der Waals surface area contributed by atoms with E-state index < -0.39 is 6.10 Å². The molecule has 1 heterocycles. The van der Waals surface area contributed by atoms with Gasteiger partial charge in [0.05, 0.1) is 6.10 Å². The van der Waals surface area contributed by atoms with Crippen molar-refractivity contribution in [2.45, 2.75) is 30.1 Å². The predicted octanol–water partition coefficient (Wildman–Crippen LogP) is 3.81. The molecule has 2 aromatic carbocycles. The van der Waals surface area contributed by atoms with Crippen LogP contribution in [0.25, 0.3) is 11.1 Å². The van der Waals surface area contributed by atoms with Gasteiger partial charge in [-0.05, 0) is 36.1 Å². The minimum atomic E-state index is -0.557. The quantitative estimate of drug-likeness (QED) is 0.614. The van der Waals surface area contributed by atoms with E-state index in [4.69, 9.17) is 4.74 Å². The Bertz CT molecular complexity index is 832. The maximum atomic E-state index is 10.2. The second kappa shape index (κ2) is 7.93. The summed E-state index contributed by atoms with van der Waals surface area (Å²) in [6.45, 7) is 0.259. The normalized spacial score (nSPS) is 15.0. The highest BCUT2D eigenvalue weighted by molar-refractivity contribution is 7.99. The predicted molar refractivity (Wildman–Crippen MR) is 102 cm³/mol. The molecule has 134 valence electrons. The standard InChI is InChI=1S/C20H21N3O2S/c24-18(13-26-20-22-21-14-23(20)17-8-9-17)12-25-19-10-6-16(7-11-19)15-4-2-1-3-5-15/h1-7,10-11,14,17-18,24H,8-9,12-13H2. The summed E-state index contributed by atoms with van der Waals surface area (Å²) < 4.78 is 7.81. The van der Waals surface area contributed by atoms with Crippen molar-refractivity contribution in [2.24, 2.45) is 0 Å². The van der Waals surface area contributed by atoms with Gasteiger partial charge in [0.2, 0.25) is 0 Å². The molecule has 1 aromatic heterocycles. The van der Waals surface area contributed by atoms with Crippen molar-refractivity contribution in [3.8, 4) is 16.9 Å². The summed E-state index contributed by atoms with van der Waals surface area (Å²) >= 11 is 1.52. The van der Waals surface area contributed by atoms with Gasteiger partial charge in [-0.2, -0.15) is 0 Å². The number of aromatic nitrogens is 3. The molecule has 5 nitrogen and oxygen atoms in total. The number of aliphatic hydroxyl groups is 1. The molecule has 0 bridgehead atoms. The van der Waals surface area contributed by atoms with Crippen molar-refractivity contribution >= 4 is 11.8 Å². The van der Waals surface area contributed by atoms with Crippen LogP contribution in [0.1, 0.15) is 18.9 Å². The maximum absolute atomic E-state index is 10.2. The van der Waals surface area contributed by atoms with Gasteiger partial charge in [-0.1, -0.05) is 54.2 Å². The van der Waals surface area contributed by atoms with Gasteiger partial charge in [-0.3, -0.25) is 0 Å². The topological polar surface area (TPSA) is 60.2 Å². The highest BCUT2D eigenvalue weighted by atomic mass is 32.2. The van der Waals surface area contributed by atoms with Crippen molar-refractivity contribution < 1.29 is 9.84 Å². The Morgan fingerprint density at radius 3 is 2.54 bits per heavy atom. The smallest absolute Gasteiger partial charge is 0.191 e. The first kappa shape index (κ1) is 17.1. The van der Waals surface area contributed by atoms with Crippen LogP contribution >= 0.6 is 11.8 Å². The molecule has 1 atom stereocenters. The van der Waals surface area contributed by atoms with E-state index in [1.165, 1.54) is 30.2 Å². The monoisotopic (exact) mass is 367 g/mol. The molecule has 0 spiro atoms. The molecule has 1 aliphatic carbocycles. The molecule has 1 N–H and O–H groups in total. The zero-order valence-electron chi connectivity index (χ0n) is 14.4. The molecule has 26 heavy (non-hydrogen) atoms. The van der Waals surface area contributed by atoms with Gasteiger partial charge in [0.15, 0.2) is 5.16 Å². The van der Waals surface area contributed by atoms with Crippen LogP contribution in [0.15, 0.2) is 66.1 Å². The van der Waals surface area contributed by atoms with Crippen LogP contribution in [0.3, 0.4) is 0 Å². The SMILES string of the molecule is OC(COc1ccc(-c2ccccc2)cc1)CSc1nncn1C1CC1. The molecule has 0 aliphatic heterocycles. The zero-order valence-corrected chi connectivity index (χ0v) is 15.2. The maximum Gasteiger partial charge on any atom is 0.191 e. The van der Waals surface area contributed by atoms with Crippen molar-refractivity contribution in [1.29, 1.82) is 0 Å². The lowest BCUT2D eigenvalue weighted by Gasteiger charge is -2.12. The summed E-state index contributed by atoms with van der Waals surface area (Å²) in [5, 5.41) is 19.2. The minimum Gasteiger partial charge on any atom is -0.491 e. The van der Waals surface area contributed by atoms with Crippen molar-refractivity contribution in [2.75, 3.05) is 12.4 Å². The van der Waals surface area contributed by atoms with E-state index in [9.17, 15) is 5.11 Å². The molecule has 3 aromatic rings. The molecular weight excluding hydrogens is 346 g/mol. The van der Waals surface area contributed by atoms with E-state index in [2.05, 4.69) is 26.9 Å². The second-order valence-electron chi connectivity index (χ2n) is 6.42. The van der Waals surface area contributed by atoms with Gasteiger partial charge in [0.1, 0.15) is 18.7 Å². The summed E-state index contributed by atoms with van der Waals surface area (Å²) in [4.78, 5) is 0. The van der Waals surface area contributed by atoms with Gasteiger partial charge >= 0.3 is 0 Å². The zero-order chi connectivity index (χ0) is 17.8. The Morgan fingerprint density at radius 2 is 1.81 bits per heavy atom. The molecular formula is C20H21N3O2S. The van der Waals surface area contributed by atoms with Gasteiger partial charge in [0, 0.05) is 11.8 Å². The Balaban J connectivity index is 1.26. The van der Waals surface area contributed by atoms with E-state index >= 15 is 0 Å². The molecule has 0 amide bonds. The summed E-state index contributed by atoms with van der Waals surface area (Å²) in [5.74, 6) is 1.29. The average Bonchev–Trinajstić information content (AvgIpc) is 3.43. The van der Waals surface area contributed by atoms with Gasteiger partial charge in [-0.25, -0.2) is 0 Å². The first-order valence-electron chi connectivity index (χ1n) is 8.78. The van der Waals surface area contributed by atoms with Crippen LogP contribution in [0.4, 0.5) is 0 Å². The lowest BCUT2D eigenvalue weighted by atomic mass is 10.1. The third kappa shape index (κ3) is 4.26. The summed E-state index contributed by atoms with van der Waals surface area (Å²) in [6, 6.07) is 18.7. The van der Waals surface area contributed by atoms with Crippen LogP contribution in [-0.4, -0.2) is 38.3 Å². The van der Waals surface area contributed by atoms with E-state index in [1.54, 1.807) is 6.33 Å². The number of thioether (sulfide) groups is 1. The summed E-state index contributed by atoms with van der Waals surface area (Å²) in [5.41, 5.74) is 2.32. The first-order valence-corrected chi connectivity index (χ1v) is 9.77. The molecule has 0 saturated heterocycles. The lowest BCUT2D eigenvalue weighted by molar-refractivity contribution is 0.126. The highest BCUT2D eigenvalue weighted by Crippen LogP contribution is 2.37. The first-order chi connectivity index (χ1) is 12.8. The molecule has 6 heteroatoms. The molecule has 1 fully saturated rings. The largest absolute Gasteiger partial charge is 0.491 e. The Morgan fingerprint density at radius 1 is 1.08 bits per heavy atom. The fourth-order valence-electron chi connectivity index (χ4n) is 2.72. The molecule has 1 unspecified atom stereocenters. The van der Waals surface area contributed by atoms with Crippen molar-refractivity contribution in [1.82, 2.24) is 14.8 Å². The van der Waals surface area contributed by atoms with Crippen LogP contribution in [0.5, 0.6) is 5.75 Å². The highest BCUT2D eigenvalue weighted by Gasteiger charge is 2.26. The second-order valence-corrected chi connectivity index (χ2v) is 7.41. The molecule has 4 rings (SSSR count). The van der Waals surface area contributed by atoms with Gasteiger partial charge in [0.25, 0.3) is 0 Å². The van der Waals surface area contributed by atoms with E-state index in [1.807, 2.05) is 42.5 Å². The van der Waals surface area contributed by atoms with Crippen molar-refractivity contribution in [3.63, 3.8) is 0 Å². The minimum absolute atomic E-state index is 0.259. The number of nitrogens with zero attached hydrogens (tertiary/aromatic N) is 3. The number of aliphatic hydroxyl groups excluding tert-OH is 1. The number of benzene rings is 2. The number of ether oxygens (including phenoxy) is 1. The third-order valence-electron chi connectivity index (χ3n) is 4.29. The Hall–Kier alpha value is -2.31. The fraction of sp³-hybridized carbons (Fsp3) is 0.300. The average molecular weight is 367 g/mol. The van der Waals surface area contributed by atoms with E-state index in [0.717, 1.165) is 16.5 Å². The van der Waals surface area contributed by atoms with Crippen molar-refractivity contribution in [3.05, 3.63) is 60.9 Å². The van der Waals surface area contributed by atoms with E-state index in [-0.39, 0.29) is 6.61 Å².